The molecule has 2 aromatic rings. The molecule has 1 saturated heterocycles. The molecule has 0 unspecified atom stereocenters. The molecule has 7 nitrogen and oxygen atoms in total. The second-order valence-corrected chi connectivity index (χ2v) is 7.84. The molecule has 0 radical (unpaired) electrons. The maximum Gasteiger partial charge on any atom is 0.313 e. The number of morpholine rings is 1. The molecule has 1 aliphatic heterocycles. The van der Waals surface area contributed by atoms with Crippen LogP contribution in [0.4, 0.5) is 11.4 Å². The molecule has 0 bridgehead atoms. The standard InChI is InChI=1S/C23H30N4O3/c1-17-5-4-6-19(15-17)25-23(29)22(28)24-16-21(27-11-13-30-14-12-27)18-7-9-20(10-8-18)26(2)3/h4-10,15,21H,11-14,16H2,1-3H3,(H,24,28)(H,25,29)/p+1/t21-/m1/s1. The summed E-state index contributed by atoms with van der Waals surface area (Å²) in [6.07, 6.45) is 0. The summed E-state index contributed by atoms with van der Waals surface area (Å²) in [5.41, 5.74) is 3.89. The Bertz CT molecular complexity index is 861. The van der Waals surface area contributed by atoms with Gasteiger partial charge in [0.25, 0.3) is 0 Å². The van der Waals surface area contributed by atoms with Crippen LogP contribution in [0.25, 0.3) is 0 Å². The summed E-state index contributed by atoms with van der Waals surface area (Å²) in [7, 11) is 4.01. The first kappa shape index (κ1) is 21.8. The third-order valence-corrected chi connectivity index (χ3v) is 5.39. The third-order valence-electron chi connectivity index (χ3n) is 5.39. The lowest BCUT2D eigenvalue weighted by molar-refractivity contribution is -0.937. The van der Waals surface area contributed by atoms with Crippen LogP contribution in [0.15, 0.2) is 48.5 Å². The van der Waals surface area contributed by atoms with Gasteiger partial charge in [0.05, 0.1) is 19.8 Å². The summed E-state index contributed by atoms with van der Waals surface area (Å²) in [6, 6.07) is 15.8. The zero-order valence-corrected chi connectivity index (χ0v) is 17.9. The van der Waals surface area contributed by atoms with Crippen molar-refractivity contribution in [2.75, 3.05) is 57.2 Å². The van der Waals surface area contributed by atoms with Gasteiger partial charge < -0.3 is 25.2 Å². The van der Waals surface area contributed by atoms with Gasteiger partial charge in [-0.15, -0.1) is 0 Å². The van der Waals surface area contributed by atoms with Crippen molar-refractivity contribution in [3.05, 3.63) is 59.7 Å². The predicted octanol–water partition coefficient (Wildman–Crippen LogP) is 0.772. The fraction of sp³-hybridized carbons (Fsp3) is 0.391. The number of carbonyl (C=O) groups excluding carboxylic acids is 2. The van der Waals surface area contributed by atoms with Crippen molar-refractivity contribution >= 4 is 23.2 Å². The van der Waals surface area contributed by atoms with Gasteiger partial charge in [0.1, 0.15) is 19.1 Å². The predicted molar refractivity (Wildman–Crippen MR) is 118 cm³/mol. The van der Waals surface area contributed by atoms with E-state index in [0.29, 0.717) is 25.4 Å². The Morgan fingerprint density at radius 1 is 1.07 bits per heavy atom. The molecule has 3 rings (SSSR count). The number of amides is 2. The van der Waals surface area contributed by atoms with Crippen LogP contribution in [0.5, 0.6) is 0 Å². The van der Waals surface area contributed by atoms with E-state index in [-0.39, 0.29) is 6.04 Å². The molecular weight excluding hydrogens is 380 g/mol. The summed E-state index contributed by atoms with van der Waals surface area (Å²) in [6.45, 7) is 5.45. The Morgan fingerprint density at radius 2 is 1.77 bits per heavy atom. The highest BCUT2D eigenvalue weighted by Crippen LogP contribution is 2.16. The maximum atomic E-state index is 12.4. The number of hydrogen-bond acceptors (Lipinski definition) is 4. The molecule has 2 amide bonds. The molecule has 0 spiro atoms. The van der Waals surface area contributed by atoms with Gasteiger partial charge in [0.2, 0.25) is 0 Å². The molecule has 1 heterocycles. The highest BCUT2D eigenvalue weighted by atomic mass is 16.5. The Hall–Kier alpha value is -2.90. The fourth-order valence-electron chi connectivity index (χ4n) is 3.67. The molecule has 1 atom stereocenters. The zero-order valence-electron chi connectivity index (χ0n) is 17.9. The molecular formula is C23H31N4O3+. The maximum absolute atomic E-state index is 12.4. The molecule has 0 saturated carbocycles. The van der Waals surface area contributed by atoms with Crippen LogP contribution < -0.4 is 20.4 Å². The van der Waals surface area contributed by atoms with Gasteiger partial charge in [-0.2, -0.15) is 0 Å². The quantitative estimate of drug-likeness (QED) is 0.614. The van der Waals surface area contributed by atoms with E-state index >= 15 is 0 Å². The van der Waals surface area contributed by atoms with Crippen molar-refractivity contribution in [1.82, 2.24) is 5.32 Å². The van der Waals surface area contributed by atoms with Crippen LogP contribution in [0.1, 0.15) is 17.2 Å². The van der Waals surface area contributed by atoms with Gasteiger partial charge in [0, 0.05) is 31.0 Å². The lowest BCUT2D eigenvalue weighted by Crippen LogP contribution is -3.15. The number of anilines is 2. The molecule has 2 aromatic carbocycles. The minimum Gasteiger partial charge on any atom is -0.378 e. The van der Waals surface area contributed by atoms with Crippen LogP contribution in [0.3, 0.4) is 0 Å². The van der Waals surface area contributed by atoms with Crippen molar-refractivity contribution in [3.8, 4) is 0 Å². The summed E-state index contributed by atoms with van der Waals surface area (Å²) in [5.74, 6) is -1.28. The van der Waals surface area contributed by atoms with Gasteiger partial charge in [-0.25, -0.2) is 0 Å². The van der Waals surface area contributed by atoms with E-state index in [2.05, 4.69) is 39.8 Å². The fourth-order valence-corrected chi connectivity index (χ4v) is 3.67. The first-order chi connectivity index (χ1) is 14.4. The van der Waals surface area contributed by atoms with Crippen LogP contribution in [-0.2, 0) is 14.3 Å². The highest BCUT2D eigenvalue weighted by molar-refractivity contribution is 6.39. The Kier molecular flexibility index (Phi) is 7.43. The molecule has 3 N–H and O–H groups in total. The van der Waals surface area contributed by atoms with E-state index < -0.39 is 11.8 Å². The van der Waals surface area contributed by atoms with Crippen LogP contribution >= 0.6 is 0 Å². The lowest BCUT2D eigenvalue weighted by Gasteiger charge is -2.32. The number of quaternary nitrogens is 1. The minimum absolute atomic E-state index is 0.0563. The summed E-state index contributed by atoms with van der Waals surface area (Å²) in [5, 5.41) is 5.49. The third kappa shape index (κ3) is 5.81. The second-order valence-electron chi connectivity index (χ2n) is 7.84. The van der Waals surface area contributed by atoms with E-state index in [4.69, 9.17) is 4.74 Å². The topological polar surface area (TPSA) is 75.1 Å². The SMILES string of the molecule is Cc1cccc(NC(=O)C(=O)NC[C@H](c2ccc(N(C)C)cc2)[NH+]2CCOCC2)c1. The molecule has 160 valence electrons. The van der Waals surface area contributed by atoms with Crippen molar-refractivity contribution < 1.29 is 19.2 Å². The molecule has 0 aromatic heterocycles. The average Bonchev–Trinajstić information content (AvgIpc) is 2.75. The zero-order chi connectivity index (χ0) is 21.5. The number of carbonyl (C=O) groups is 2. The highest BCUT2D eigenvalue weighted by Gasteiger charge is 2.28. The smallest absolute Gasteiger partial charge is 0.313 e. The van der Waals surface area contributed by atoms with Gasteiger partial charge in [-0.1, -0.05) is 24.3 Å². The van der Waals surface area contributed by atoms with Crippen molar-refractivity contribution in [1.29, 1.82) is 0 Å². The van der Waals surface area contributed by atoms with Gasteiger partial charge in [-0.3, -0.25) is 9.59 Å². The Labute approximate surface area is 178 Å². The number of ether oxygens (including phenoxy) is 1. The van der Waals surface area contributed by atoms with E-state index in [0.717, 1.165) is 29.9 Å². The van der Waals surface area contributed by atoms with Crippen molar-refractivity contribution in [2.45, 2.75) is 13.0 Å². The molecule has 1 fully saturated rings. The number of nitrogens with zero attached hydrogens (tertiary/aromatic N) is 1. The summed E-state index contributed by atoms with van der Waals surface area (Å²) in [4.78, 5) is 28.1. The van der Waals surface area contributed by atoms with E-state index in [1.165, 1.54) is 4.90 Å². The second kappa shape index (κ2) is 10.2. The largest absolute Gasteiger partial charge is 0.378 e. The van der Waals surface area contributed by atoms with Gasteiger partial charge in [0.15, 0.2) is 0 Å². The molecule has 0 aliphatic carbocycles. The Morgan fingerprint density at radius 3 is 2.40 bits per heavy atom. The summed E-state index contributed by atoms with van der Waals surface area (Å²) >= 11 is 0. The number of rotatable bonds is 6. The van der Waals surface area contributed by atoms with Crippen LogP contribution in [0, 0.1) is 6.92 Å². The van der Waals surface area contributed by atoms with Crippen LogP contribution in [-0.4, -0.2) is 58.8 Å². The van der Waals surface area contributed by atoms with Crippen molar-refractivity contribution in [2.24, 2.45) is 0 Å². The first-order valence-electron chi connectivity index (χ1n) is 10.3. The van der Waals surface area contributed by atoms with Gasteiger partial charge in [-0.05, 0) is 36.8 Å². The normalized spacial score (nSPS) is 15.3. The van der Waals surface area contributed by atoms with Crippen LogP contribution in [0.2, 0.25) is 0 Å². The van der Waals surface area contributed by atoms with Crippen molar-refractivity contribution in [3.63, 3.8) is 0 Å². The van der Waals surface area contributed by atoms with E-state index in [1.807, 2.05) is 39.2 Å². The summed E-state index contributed by atoms with van der Waals surface area (Å²) < 4.78 is 5.50. The average molecular weight is 412 g/mol. The first-order valence-corrected chi connectivity index (χ1v) is 10.3. The molecule has 7 heteroatoms. The lowest BCUT2D eigenvalue weighted by atomic mass is 10.0. The number of nitrogens with one attached hydrogen (secondary N) is 3. The van der Waals surface area contributed by atoms with E-state index in [1.54, 1.807) is 6.07 Å². The Balaban J connectivity index is 1.66. The number of benzene rings is 2. The molecule has 1 aliphatic rings. The monoisotopic (exact) mass is 411 g/mol. The molecule has 30 heavy (non-hydrogen) atoms. The van der Waals surface area contributed by atoms with E-state index in [9.17, 15) is 9.59 Å². The number of hydrogen-bond donors (Lipinski definition) is 3. The van der Waals surface area contributed by atoms with Gasteiger partial charge >= 0.3 is 11.8 Å². The number of aryl methyl sites for hydroxylation is 1. The minimum atomic E-state index is -0.653.